The van der Waals surface area contributed by atoms with Crippen molar-refractivity contribution in [2.75, 3.05) is 13.7 Å². The van der Waals surface area contributed by atoms with Crippen molar-refractivity contribution in [1.82, 2.24) is 15.1 Å². The van der Waals surface area contributed by atoms with E-state index in [0.29, 0.717) is 26.6 Å². The maximum atomic E-state index is 14.8. The quantitative estimate of drug-likeness (QED) is 0.211. The number of hydrogen-bond donors (Lipinski definition) is 3. The minimum absolute atomic E-state index is 0.166. The number of nitrogens with zero attached hydrogens (tertiary/aromatic N) is 3. The standard InChI is InChI=1S/C24H22F4N6O3/c1-12-20(29)34(23(30)24(26,27)28)19(37-2)11-33(12)22(36)16-9-13(7-8-17(16)25)10-18-14-5-3-4-6-15(14)21(35)32-31-18/h3-9,12,19,29-30H,10-11H2,1-2H3,(H,32,35)/p+1. The highest BCUT2D eigenvalue weighted by Crippen LogP contribution is 2.24. The molecule has 2 unspecified atom stereocenters. The van der Waals surface area contributed by atoms with Crippen LogP contribution in [0.5, 0.6) is 0 Å². The summed E-state index contributed by atoms with van der Waals surface area (Å²) in [7, 11) is 1.12. The van der Waals surface area contributed by atoms with E-state index in [4.69, 9.17) is 15.9 Å². The summed E-state index contributed by atoms with van der Waals surface area (Å²) in [6.45, 7) is 0.985. The van der Waals surface area contributed by atoms with Gasteiger partial charge in [0, 0.05) is 18.9 Å². The van der Waals surface area contributed by atoms with Crippen molar-refractivity contribution in [2.24, 2.45) is 5.73 Å². The second-order valence-corrected chi connectivity index (χ2v) is 8.50. The van der Waals surface area contributed by atoms with Crippen LogP contribution in [-0.2, 0) is 11.2 Å². The monoisotopic (exact) mass is 519 g/mol. The van der Waals surface area contributed by atoms with E-state index in [-0.39, 0.29) is 17.5 Å². The molecule has 1 aliphatic heterocycles. The fourth-order valence-corrected chi connectivity index (χ4v) is 4.28. The van der Waals surface area contributed by atoms with Gasteiger partial charge in [-0.3, -0.25) is 9.59 Å². The SMILES string of the molecule is COC1CN(C(=O)c2cc(Cc3n[nH]c(=O)c4ccccc34)ccc2F)C(C)C(N)=[N+]1C(=N)C(F)(F)F. The van der Waals surface area contributed by atoms with E-state index < -0.39 is 48.4 Å². The molecule has 13 heteroatoms. The molecule has 0 spiro atoms. The Morgan fingerprint density at radius 1 is 1.27 bits per heavy atom. The lowest BCUT2D eigenvalue weighted by molar-refractivity contribution is -0.536. The van der Waals surface area contributed by atoms with Gasteiger partial charge in [0.1, 0.15) is 11.9 Å². The molecule has 2 atom stereocenters. The van der Waals surface area contributed by atoms with Gasteiger partial charge < -0.3 is 15.4 Å². The van der Waals surface area contributed by atoms with Crippen molar-refractivity contribution in [3.8, 4) is 0 Å². The molecule has 0 aliphatic carbocycles. The number of rotatable bonds is 4. The molecular weight excluding hydrogens is 496 g/mol. The number of hydrogen-bond acceptors (Lipinski definition) is 6. The van der Waals surface area contributed by atoms with E-state index in [2.05, 4.69) is 10.2 Å². The Labute approximate surface area is 207 Å². The molecule has 3 aromatic rings. The average Bonchev–Trinajstić information content (AvgIpc) is 2.87. The number of ether oxygens (including phenoxy) is 1. The van der Waals surface area contributed by atoms with Crippen LogP contribution in [0.4, 0.5) is 17.6 Å². The largest absolute Gasteiger partial charge is 0.481 e. The molecule has 37 heavy (non-hydrogen) atoms. The van der Waals surface area contributed by atoms with Crippen LogP contribution < -0.4 is 11.3 Å². The minimum atomic E-state index is -4.99. The van der Waals surface area contributed by atoms with Gasteiger partial charge >= 0.3 is 12.0 Å². The number of H-pyrrole nitrogens is 1. The summed E-state index contributed by atoms with van der Waals surface area (Å²) in [4.78, 5) is 26.5. The molecule has 0 fully saturated rings. The highest BCUT2D eigenvalue weighted by molar-refractivity contribution is 5.99. The van der Waals surface area contributed by atoms with Crippen LogP contribution in [0.3, 0.4) is 0 Å². The third-order valence-electron chi connectivity index (χ3n) is 6.26. The summed E-state index contributed by atoms with van der Waals surface area (Å²) in [6.07, 6.45) is -6.23. The van der Waals surface area contributed by atoms with E-state index >= 15 is 0 Å². The summed E-state index contributed by atoms with van der Waals surface area (Å²) in [5.41, 5.74) is 6.26. The highest BCUT2D eigenvalue weighted by atomic mass is 19.4. The van der Waals surface area contributed by atoms with Gasteiger partial charge in [0.15, 0.2) is 0 Å². The first-order valence-corrected chi connectivity index (χ1v) is 11.1. The number of nitrogens with two attached hydrogens (primary N) is 1. The zero-order valence-electron chi connectivity index (χ0n) is 19.8. The summed E-state index contributed by atoms with van der Waals surface area (Å²) in [6, 6.07) is 9.65. The zero-order chi connectivity index (χ0) is 27.1. The summed E-state index contributed by atoms with van der Waals surface area (Å²) in [5.74, 6) is -3.81. The van der Waals surface area contributed by atoms with Gasteiger partial charge in [-0.2, -0.15) is 28.3 Å². The number of alkyl halides is 3. The predicted octanol–water partition coefficient (Wildman–Crippen LogP) is 2.38. The second-order valence-electron chi connectivity index (χ2n) is 8.50. The molecule has 2 heterocycles. The molecule has 1 amide bonds. The van der Waals surface area contributed by atoms with Gasteiger partial charge in [-0.1, -0.05) is 24.3 Å². The number of nitrogens with one attached hydrogen (secondary N) is 2. The molecule has 9 nitrogen and oxygen atoms in total. The van der Waals surface area contributed by atoms with Crippen LogP contribution in [0.2, 0.25) is 0 Å². The first-order valence-electron chi connectivity index (χ1n) is 11.1. The number of aromatic nitrogens is 2. The van der Waals surface area contributed by atoms with E-state index in [1.165, 1.54) is 19.1 Å². The van der Waals surface area contributed by atoms with Gasteiger partial charge in [-0.15, -0.1) is 0 Å². The lowest BCUT2D eigenvalue weighted by Crippen LogP contribution is -2.63. The number of aromatic amines is 1. The van der Waals surface area contributed by atoms with Crippen molar-refractivity contribution in [3.05, 3.63) is 75.5 Å². The summed E-state index contributed by atoms with van der Waals surface area (Å²) < 4.78 is 60.0. The van der Waals surface area contributed by atoms with Gasteiger partial charge in [-0.05, 0) is 30.7 Å². The topological polar surface area (TPSA) is 128 Å². The van der Waals surface area contributed by atoms with Crippen LogP contribution in [0.15, 0.2) is 47.3 Å². The Balaban J connectivity index is 1.68. The number of fused-ring (bicyclic) bond motifs is 1. The Kier molecular flexibility index (Phi) is 6.82. The number of halogens is 4. The van der Waals surface area contributed by atoms with Crippen molar-refractivity contribution >= 4 is 28.4 Å². The van der Waals surface area contributed by atoms with Gasteiger partial charge in [0.05, 0.1) is 23.2 Å². The van der Waals surface area contributed by atoms with Crippen molar-refractivity contribution in [2.45, 2.75) is 31.8 Å². The smallest absolute Gasteiger partial charge is 0.347 e. The van der Waals surface area contributed by atoms with Gasteiger partial charge in [-0.25, -0.2) is 9.49 Å². The number of amidine groups is 2. The molecule has 2 aromatic carbocycles. The molecule has 0 saturated carbocycles. The Hall–Kier alpha value is -4.13. The number of carbonyl (C=O) groups excluding carboxylic acids is 1. The van der Waals surface area contributed by atoms with E-state index in [1.54, 1.807) is 24.3 Å². The molecule has 1 aromatic heterocycles. The Bertz CT molecular complexity index is 1480. The minimum Gasteiger partial charge on any atom is -0.347 e. The van der Waals surface area contributed by atoms with Crippen LogP contribution in [-0.4, -0.2) is 69.4 Å². The van der Waals surface area contributed by atoms with Crippen molar-refractivity contribution < 1.29 is 31.7 Å². The molecule has 194 valence electrons. The second kappa shape index (κ2) is 9.73. The highest BCUT2D eigenvalue weighted by Gasteiger charge is 2.49. The summed E-state index contributed by atoms with van der Waals surface area (Å²) >= 11 is 0. The lowest BCUT2D eigenvalue weighted by Gasteiger charge is -2.37. The fraction of sp³-hybridized carbons (Fsp3) is 0.292. The van der Waals surface area contributed by atoms with E-state index in [1.807, 2.05) is 0 Å². The number of methoxy groups -OCH3 is 1. The first kappa shape index (κ1) is 25.9. The molecular formula is C24H23F4N6O3+. The molecule has 1 aliphatic rings. The number of amides is 1. The third kappa shape index (κ3) is 4.81. The lowest BCUT2D eigenvalue weighted by atomic mass is 10.0. The van der Waals surface area contributed by atoms with Gasteiger partial charge in [0.2, 0.25) is 12.1 Å². The van der Waals surface area contributed by atoms with E-state index in [0.717, 1.165) is 18.1 Å². The Morgan fingerprint density at radius 3 is 2.59 bits per heavy atom. The normalized spacial score (nSPS) is 18.4. The molecule has 4 N–H and O–H groups in total. The van der Waals surface area contributed by atoms with Crippen molar-refractivity contribution in [3.63, 3.8) is 0 Å². The van der Waals surface area contributed by atoms with Crippen LogP contribution in [0.1, 0.15) is 28.5 Å². The summed E-state index contributed by atoms with van der Waals surface area (Å²) in [5, 5.41) is 15.0. The zero-order valence-corrected chi connectivity index (χ0v) is 19.8. The maximum absolute atomic E-state index is 14.8. The van der Waals surface area contributed by atoms with Gasteiger partial charge in [0.25, 0.3) is 11.5 Å². The predicted molar refractivity (Wildman–Crippen MR) is 126 cm³/mol. The average molecular weight is 519 g/mol. The molecule has 4 rings (SSSR count). The van der Waals surface area contributed by atoms with Crippen molar-refractivity contribution in [1.29, 1.82) is 5.41 Å². The van der Waals surface area contributed by atoms with E-state index in [9.17, 15) is 27.2 Å². The number of benzene rings is 2. The molecule has 0 radical (unpaired) electrons. The first-order chi connectivity index (χ1) is 17.4. The maximum Gasteiger partial charge on any atom is 0.481 e. The Morgan fingerprint density at radius 2 is 1.95 bits per heavy atom. The van der Waals surface area contributed by atoms with Crippen LogP contribution in [0, 0.1) is 11.2 Å². The number of carbonyl (C=O) groups is 1. The molecule has 0 bridgehead atoms. The van der Waals surface area contributed by atoms with Crippen LogP contribution in [0.25, 0.3) is 10.8 Å². The molecule has 0 saturated heterocycles. The van der Waals surface area contributed by atoms with Crippen LogP contribution >= 0.6 is 0 Å². The third-order valence-corrected chi connectivity index (χ3v) is 6.26. The fourth-order valence-electron chi connectivity index (χ4n) is 4.28.